The van der Waals surface area contributed by atoms with E-state index in [0.717, 1.165) is 54.8 Å². The van der Waals surface area contributed by atoms with E-state index in [1.165, 1.54) is 4.88 Å². The van der Waals surface area contributed by atoms with Gasteiger partial charge >= 0.3 is 0 Å². The van der Waals surface area contributed by atoms with Crippen molar-refractivity contribution in [1.82, 2.24) is 9.80 Å². The highest BCUT2D eigenvalue weighted by Crippen LogP contribution is 2.26. The Balaban J connectivity index is 1.40. The maximum Gasteiger partial charge on any atom is 0.229 e. The maximum atomic E-state index is 13.0. The number of hydrogen-bond acceptors (Lipinski definition) is 4. The quantitative estimate of drug-likeness (QED) is 0.645. The molecule has 2 aromatic carbocycles. The van der Waals surface area contributed by atoms with Crippen LogP contribution in [0.3, 0.4) is 0 Å². The van der Waals surface area contributed by atoms with Gasteiger partial charge in [0.2, 0.25) is 5.91 Å². The second kappa shape index (κ2) is 8.33. The summed E-state index contributed by atoms with van der Waals surface area (Å²) < 4.78 is 5.29. The van der Waals surface area contributed by atoms with E-state index < -0.39 is 0 Å². The minimum Gasteiger partial charge on any atom is -0.497 e. The molecule has 4 rings (SSSR count). The van der Waals surface area contributed by atoms with Crippen molar-refractivity contribution in [3.63, 3.8) is 0 Å². The molecular formula is C23H26N2O2S. The molecule has 0 spiro atoms. The molecule has 2 heterocycles. The number of hydrogen-bond donors (Lipinski definition) is 0. The molecule has 0 radical (unpaired) electrons. The third-order valence-electron chi connectivity index (χ3n) is 5.59. The van der Waals surface area contributed by atoms with Crippen LogP contribution >= 0.6 is 11.3 Å². The zero-order valence-electron chi connectivity index (χ0n) is 16.4. The lowest BCUT2D eigenvalue weighted by atomic mass is 9.96. The molecule has 5 heteroatoms. The second-order valence-corrected chi connectivity index (χ2v) is 8.41. The molecule has 28 heavy (non-hydrogen) atoms. The van der Waals surface area contributed by atoms with Crippen molar-refractivity contribution in [1.29, 1.82) is 0 Å². The molecule has 3 aromatic rings. The smallest absolute Gasteiger partial charge is 0.229 e. The summed E-state index contributed by atoms with van der Waals surface area (Å²) in [6.45, 7) is 6.49. The number of fused-ring (bicyclic) bond motifs is 1. The number of amides is 1. The summed E-state index contributed by atoms with van der Waals surface area (Å²) in [6.07, 6.45) is 0. The lowest BCUT2D eigenvalue weighted by Gasteiger charge is -2.35. The predicted molar refractivity (Wildman–Crippen MR) is 115 cm³/mol. The molecule has 0 bridgehead atoms. The number of ether oxygens (including phenoxy) is 1. The Morgan fingerprint density at radius 1 is 1.07 bits per heavy atom. The molecule has 1 aliphatic heterocycles. The van der Waals surface area contributed by atoms with Crippen LogP contribution in [0.25, 0.3) is 10.8 Å². The van der Waals surface area contributed by atoms with Gasteiger partial charge < -0.3 is 9.64 Å². The molecule has 4 nitrogen and oxygen atoms in total. The molecule has 1 fully saturated rings. The number of nitrogens with zero attached hydrogens (tertiary/aromatic N) is 2. The first-order valence-corrected chi connectivity index (χ1v) is 10.6. The number of methoxy groups -OCH3 is 1. The summed E-state index contributed by atoms with van der Waals surface area (Å²) in [5, 5.41) is 4.39. The highest BCUT2D eigenvalue weighted by Gasteiger charge is 2.26. The van der Waals surface area contributed by atoms with Gasteiger partial charge in [-0.05, 0) is 46.8 Å². The summed E-state index contributed by atoms with van der Waals surface area (Å²) in [5.41, 5.74) is 1.07. The Hall–Kier alpha value is -2.37. The van der Waals surface area contributed by atoms with Gasteiger partial charge in [-0.25, -0.2) is 0 Å². The maximum absolute atomic E-state index is 13.0. The Bertz CT molecular complexity index is 946. The van der Waals surface area contributed by atoms with Crippen molar-refractivity contribution >= 4 is 28.0 Å². The molecule has 0 aliphatic carbocycles. The fourth-order valence-electron chi connectivity index (χ4n) is 3.80. The topological polar surface area (TPSA) is 32.8 Å². The Morgan fingerprint density at radius 3 is 2.54 bits per heavy atom. The monoisotopic (exact) mass is 394 g/mol. The number of carbonyl (C=O) groups is 1. The van der Waals surface area contributed by atoms with E-state index in [4.69, 9.17) is 4.74 Å². The van der Waals surface area contributed by atoms with Crippen LogP contribution in [0.4, 0.5) is 0 Å². The minimum atomic E-state index is -0.129. The molecule has 0 saturated carbocycles. The van der Waals surface area contributed by atoms with Gasteiger partial charge in [-0.1, -0.05) is 30.3 Å². The van der Waals surface area contributed by atoms with Gasteiger partial charge in [-0.15, -0.1) is 11.3 Å². The fraction of sp³-hybridized carbons (Fsp3) is 0.348. The van der Waals surface area contributed by atoms with Gasteiger partial charge in [0.25, 0.3) is 0 Å². The van der Waals surface area contributed by atoms with Crippen LogP contribution in [0.15, 0.2) is 53.9 Å². The van der Waals surface area contributed by atoms with E-state index in [9.17, 15) is 4.79 Å². The number of rotatable bonds is 5. The molecular weight excluding hydrogens is 368 g/mol. The van der Waals surface area contributed by atoms with Gasteiger partial charge in [0.15, 0.2) is 0 Å². The summed E-state index contributed by atoms with van der Waals surface area (Å²) in [4.78, 5) is 18.9. The minimum absolute atomic E-state index is 0.129. The average molecular weight is 395 g/mol. The molecule has 0 unspecified atom stereocenters. The molecule has 1 aliphatic rings. The van der Waals surface area contributed by atoms with Crippen LogP contribution in [0.1, 0.15) is 23.3 Å². The molecule has 1 atom stereocenters. The highest BCUT2D eigenvalue weighted by molar-refractivity contribution is 7.09. The van der Waals surface area contributed by atoms with Crippen molar-refractivity contribution < 1.29 is 9.53 Å². The van der Waals surface area contributed by atoms with Crippen LogP contribution in [0.2, 0.25) is 0 Å². The van der Waals surface area contributed by atoms with Crippen molar-refractivity contribution in [2.75, 3.05) is 33.3 Å². The van der Waals surface area contributed by atoms with E-state index in [-0.39, 0.29) is 11.8 Å². The van der Waals surface area contributed by atoms with Crippen molar-refractivity contribution in [3.8, 4) is 5.75 Å². The van der Waals surface area contributed by atoms with Crippen molar-refractivity contribution in [3.05, 3.63) is 64.4 Å². The van der Waals surface area contributed by atoms with E-state index in [2.05, 4.69) is 46.7 Å². The number of piperazine rings is 1. The third kappa shape index (κ3) is 4.05. The van der Waals surface area contributed by atoms with Crippen LogP contribution < -0.4 is 4.74 Å². The highest BCUT2D eigenvalue weighted by atomic mass is 32.1. The number of thiophene rings is 1. The second-order valence-electron chi connectivity index (χ2n) is 7.38. The summed E-state index contributed by atoms with van der Waals surface area (Å²) >= 11 is 1.80. The molecule has 1 saturated heterocycles. The first-order chi connectivity index (χ1) is 13.6. The molecule has 0 N–H and O–H groups in total. The van der Waals surface area contributed by atoms with Gasteiger partial charge in [0.1, 0.15) is 5.75 Å². The number of benzene rings is 2. The lowest BCUT2D eigenvalue weighted by Crippen LogP contribution is -2.49. The standard InChI is InChI=1S/C23H26N2O2S/c1-17(18-5-6-20-15-21(27-2)8-7-19(20)14-18)23(26)25-11-9-24(10-12-25)16-22-4-3-13-28-22/h3-8,13-15,17H,9-12,16H2,1-2H3/t17-/m0/s1. The van der Waals surface area contributed by atoms with Gasteiger partial charge in [-0.3, -0.25) is 9.69 Å². The van der Waals surface area contributed by atoms with Gasteiger partial charge in [0.05, 0.1) is 13.0 Å². The first-order valence-electron chi connectivity index (χ1n) is 9.75. The Labute approximate surface area is 170 Å². The fourth-order valence-corrected chi connectivity index (χ4v) is 4.55. The van der Waals surface area contributed by atoms with Gasteiger partial charge in [0, 0.05) is 37.6 Å². The predicted octanol–water partition coefficient (Wildman–Crippen LogP) is 4.36. The van der Waals surface area contributed by atoms with Gasteiger partial charge in [-0.2, -0.15) is 0 Å². The summed E-state index contributed by atoms with van der Waals surface area (Å²) in [7, 11) is 1.68. The van der Waals surface area contributed by atoms with Crippen molar-refractivity contribution in [2.24, 2.45) is 0 Å². The van der Waals surface area contributed by atoms with Crippen LogP contribution in [-0.4, -0.2) is 49.0 Å². The summed E-state index contributed by atoms with van der Waals surface area (Å²) in [6, 6.07) is 16.6. The molecule has 1 amide bonds. The number of carbonyl (C=O) groups excluding carboxylic acids is 1. The average Bonchev–Trinajstić information content (AvgIpc) is 3.25. The van der Waals surface area contributed by atoms with E-state index in [1.807, 2.05) is 24.0 Å². The van der Waals surface area contributed by atoms with Crippen LogP contribution in [-0.2, 0) is 11.3 Å². The summed E-state index contributed by atoms with van der Waals surface area (Å²) in [5.74, 6) is 0.948. The van der Waals surface area contributed by atoms with Crippen LogP contribution in [0, 0.1) is 0 Å². The lowest BCUT2D eigenvalue weighted by molar-refractivity contribution is -0.134. The SMILES string of the molecule is COc1ccc2cc([C@H](C)C(=O)N3CCN(Cc4cccs4)CC3)ccc2c1. The van der Waals surface area contributed by atoms with Crippen molar-refractivity contribution in [2.45, 2.75) is 19.4 Å². The van der Waals surface area contributed by atoms with E-state index >= 15 is 0 Å². The Kier molecular flexibility index (Phi) is 5.64. The largest absolute Gasteiger partial charge is 0.497 e. The normalized spacial score (nSPS) is 16.3. The first kappa shape index (κ1) is 19.0. The third-order valence-corrected chi connectivity index (χ3v) is 6.45. The van der Waals surface area contributed by atoms with E-state index in [1.54, 1.807) is 18.4 Å². The van der Waals surface area contributed by atoms with Crippen LogP contribution in [0.5, 0.6) is 5.75 Å². The zero-order valence-corrected chi connectivity index (χ0v) is 17.2. The Morgan fingerprint density at radius 2 is 1.82 bits per heavy atom. The zero-order chi connectivity index (χ0) is 19.5. The molecule has 146 valence electrons. The molecule has 1 aromatic heterocycles. The van der Waals surface area contributed by atoms with E-state index in [0.29, 0.717) is 0 Å².